The maximum Gasteiger partial charge on any atom is 0.315 e. The minimum atomic E-state index is -0.780. The molecule has 0 bridgehead atoms. The summed E-state index contributed by atoms with van der Waals surface area (Å²) in [6.07, 6.45) is 0.886. The Balaban J connectivity index is 1.82. The summed E-state index contributed by atoms with van der Waals surface area (Å²) in [5.41, 5.74) is 3.54. The molecule has 0 saturated heterocycles. The number of esters is 1. The predicted molar refractivity (Wildman–Crippen MR) is 137 cm³/mol. The Morgan fingerprint density at radius 1 is 1.03 bits per heavy atom. The van der Waals surface area contributed by atoms with Crippen molar-refractivity contribution in [2.45, 2.75) is 31.6 Å². The van der Waals surface area contributed by atoms with E-state index in [4.69, 9.17) is 35.5 Å². The van der Waals surface area contributed by atoms with Gasteiger partial charge in [-0.05, 0) is 55.2 Å². The van der Waals surface area contributed by atoms with Crippen molar-refractivity contribution in [3.05, 3.63) is 69.9 Å². The summed E-state index contributed by atoms with van der Waals surface area (Å²) < 4.78 is 21.7. The largest absolute Gasteiger partial charge is 0.497 e. The quantitative estimate of drug-likeness (QED) is 0.361. The molecule has 0 radical (unpaired) electrons. The average Bonchev–Trinajstić information content (AvgIpc) is 2.87. The summed E-state index contributed by atoms with van der Waals surface area (Å²) in [4.78, 5) is 31.9. The zero-order valence-corrected chi connectivity index (χ0v) is 21.6. The first kappa shape index (κ1) is 25.9. The molecule has 0 fully saturated rings. The Kier molecular flexibility index (Phi) is 8.11. The van der Waals surface area contributed by atoms with Crippen LogP contribution in [0.4, 0.5) is 0 Å². The molecule has 7 nitrogen and oxygen atoms in total. The Morgan fingerprint density at radius 2 is 1.78 bits per heavy atom. The molecule has 36 heavy (non-hydrogen) atoms. The highest BCUT2D eigenvalue weighted by atomic mass is 35.5. The van der Waals surface area contributed by atoms with E-state index in [-0.39, 0.29) is 24.9 Å². The molecule has 1 heterocycles. The van der Waals surface area contributed by atoms with Crippen LogP contribution >= 0.6 is 11.6 Å². The number of hydrogen-bond donors (Lipinski definition) is 0. The van der Waals surface area contributed by atoms with Crippen LogP contribution in [-0.4, -0.2) is 52.0 Å². The highest BCUT2D eigenvalue weighted by molar-refractivity contribution is 6.30. The van der Waals surface area contributed by atoms with Gasteiger partial charge in [-0.1, -0.05) is 23.7 Å². The number of hydrogen-bond acceptors (Lipinski definition) is 7. The second-order valence-corrected chi connectivity index (χ2v) is 9.35. The van der Waals surface area contributed by atoms with Crippen LogP contribution in [0.1, 0.15) is 42.7 Å². The molecule has 0 amide bonds. The molecule has 0 aromatic heterocycles. The highest BCUT2D eigenvalue weighted by Crippen LogP contribution is 2.49. The Hall–Kier alpha value is -3.16. The van der Waals surface area contributed by atoms with Gasteiger partial charge < -0.3 is 18.9 Å². The molecule has 1 aliphatic carbocycles. The number of carbonyl (C=O) groups is 2. The van der Waals surface area contributed by atoms with Crippen molar-refractivity contribution in [2.24, 2.45) is 10.9 Å². The van der Waals surface area contributed by atoms with E-state index in [2.05, 4.69) is 0 Å². The highest BCUT2D eigenvalue weighted by Gasteiger charge is 2.46. The SMILES string of the molecule is COCCOC(=O)C1C(C)=NC2=C(C(=O)C[C@H](c3ccc(Cl)cc3)C2)[C@@H]1c1cc(OC)ccc1OC. The van der Waals surface area contributed by atoms with E-state index in [0.29, 0.717) is 51.9 Å². The van der Waals surface area contributed by atoms with E-state index in [1.165, 1.54) is 0 Å². The van der Waals surface area contributed by atoms with Crippen LogP contribution in [0.25, 0.3) is 0 Å². The van der Waals surface area contributed by atoms with E-state index < -0.39 is 17.8 Å². The van der Waals surface area contributed by atoms with E-state index >= 15 is 0 Å². The number of ether oxygens (including phenoxy) is 4. The van der Waals surface area contributed by atoms with Crippen molar-refractivity contribution < 1.29 is 28.5 Å². The normalized spacial score (nSPS) is 21.5. The minimum Gasteiger partial charge on any atom is -0.497 e. The number of carbonyl (C=O) groups excluding carboxylic acids is 2. The van der Waals surface area contributed by atoms with Gasteiger partial charge in [0.15, 0.2) is 5.78 Å². The second kappa shape index (κ2) is 11.3. The Bertz CT molecular complexity index is 1200. The first-order chi connectivity index (χ1) is 17.4. The van der Waals surface area contributed by atoms with Gasteiger partial charge in [0.25, 0.3) is 0 Å². The van der Waals surface area contributed by atoms with E-state index in [1.54, 1.807) is 33.5 Å². The van der Waals surface area contributed by atoms with Gasteiger partial charge in [-0.25, -0.2) is 0 Å². The number of halogens is 1. The van der Waals surface area contributed by atoms with Crippen LogP contribution in [0.2, 0.25) is 5.02 Å². The van der Waals surface area contributed by atoms with E-state index in [0.717, 1.165) is 5.56 Å². The lowest BCUT2D eigenvalue weighted by Gasteiger charge is -2.37. The standard InChI is InChI=1S/C28H30ClNO6/c1-16-25(28(32)36-12-11-33-2)26(21-15-20(34-3)9-10-24(21)35-4)27-22(30-16)13-18(14-23(27)31)17-5-7-19(29)8-6-17/h5-10,15,18,25-26H,11-14H2,1-4H3/t18-,25?,26-/m1/s1. The van der Waals surface area contributed by atoms with E-state index in [9.17, 15) is 9.59 Å². The topological polar surface area (TPSA) is 83.4 Å². The summed E-state index contributed by atoms with van der Waals surface area (Å²) in [6.45, 7) is 2.19. The summed E-state index contributed by atoms with van der Waals surface area (Å²) in [5, 5.41) is 0.646. The molecule has 2 aromatic carbocycles. The summed E-state index contributed by atoms with van der Waals surface area (Å²) >= 11 is 6.07. The van der Waals surface area contributed by atoms with Gasteiger partial charge in [0.05, 0.1) is 20.8 Å². The van der Waals surface area contributed by atoms with Gasteiger partial charge >= 0.3 is 5.97 Å². The van der Waals surface area contributed by atoms with Crippen molar-refractivity contribution in [3.8, 4) is 11.5 Å². The average molecular weight is 512 g/mol. The maximum absolute atomic E-state index is 13.8. The van der Waals surface area contributed by atoms with Crippen LogP contribution in [0.5, 0.6) is 11.5 Å². The molecule has 0 spiro atoms. The number of rotatable bonds is 8. The third-order valence-electron chi connectivity index (χ3n) is 6.79. The van der Waals surface area contributed by atoms with E-state index in [1.807, 2.05) is 37.3 Å². The van der Waals surface area contributed by atoms with Gasteiger partial charge in [-0.3, -0.25) is 14.6 Å². The fourth-order valence-corrected chi connectivity index (χ4v) is 5.20. The first-order valence-electron chi connectivity index (χ1n) is 11.8. The Labute approximate surface area is 216 Å². The number of ketones is 1. The van der Waals surface area contributed by atoms with Crippen LogP contribution < -0.4 is 9.47 Å². The second-order valence-electron chi connectivity index (χ2n) is 8.92. The molecule has 0 N–H and O–H groups in total. The zero-order valence-electron chi connectivity index (χ0n) is 20.9. The fraction of sp³-hybridized carbons (Fsp3) is 0.393. The molecule has 4 rings (SSSR count). The summed E-state index contributed by atoms with van der Waals surface area (Å²) in [7, 11) is 4.68. The molecule has 1 unspecified atom stereocenters. The first-order valence-corrected chi connectivity index (χ1v) is 12.2. The molecule has 8 heteroatoms. The lowest BCUT2D eigenvalue weighted by molar-refractivity contribution is -0.147. The molecule has 0 saturated carbocycles. The number of aliphatic imine (C=N–C) groups is 1. The van der Waals surface area contributed by atoms with Crippen LogP contribution in [0, 0.1) is 5.92 Å². The van der Waals surface area contributed by atoms with Crippen LogP contribution in [0.3, 0.4) is 0 Å². The number of nitrogens with zero attached hydrogens (tertiary/aromatic N) is 1. The van der Waals surface area contributed by atoms with Gasteiger partial charge in [-0.15, -0.1) is 0 Å². The summed E-state index contributed by atoms with van der Waals surface area (Å²) in [5.74, 6) is -0.761. The molecule has 1 aliphatic heterocycles. The van der Waals surface area contributed by atoms with Gasteiger partial charge in [0, 0.05) is 47.0 Å². The molecule has 3 atom stereocenters. The van der Waals surface area contributed by atoms with Crippen molar-refractivity contribution in [2.75, 3.05) is 34.5 Å². The maximum atomic E-state index is 13.8. The van der Waals surface area contributed by atoms with Crippen LogP contribution in [-0.2, 0) is 19.1 Å². The monoisotopic (exact) mass is 511 g/mol. The molecule has 2 aromatic rings. The van der Waals surface area contributed by atoms with Gasteiger partial charge in [-0.2, -0.15) is 0 Å². The minimum absolute atomic E-state index is 0.0249. The lowest BCUT2D eigenvalue weighted by atomic mass is 9.69. The fourth-order valence-electron chi connectivity index (χ4n) is 5.07. The van der Waals surface area contributed by atoms with Crippen molar-refractivity contribution in [1.82, 2.24) is 0 Å². The number of methoxy groups -OCH3 is 3. The molecule has 190 valence electrons. The smallest absolute Gasteiger partial charge is 0.315 e. The Morgan fingerprint density at radius 3 is 2.44 bits per heavy atom. The number of Topliss-reactive ketones (excluding diaryl/α,β-unsaturated/α-hetero) is 1. The van der Waals surface area contributed by atoms with Crippen molar-refractivity contribution in [1.29, 1.82) is 0 Å². The number of benzene rings is 2. The van der Waals surface area contributed by atoms with Crippen molar-refractivity contribution in [3.63, 3.8) is 0 Å². The number of allylic oxidation sites excluding steroid dienone is 2. The zero-order chi connectivity index (χ0) is 25.8. The van der Waals surface area contributed by atoms with Gasteiger partial charge in [0.2, 0.25) is 0 Å². The molecular weight excluding hydrogens is 482 g/mol. The van der Waals surface area contributed by atoms with Crippen molar-refractivity contribution >= 4 is 29.1 Å². The predicted octanol–water partition coefficient (Wildman–Crippen LogP) is 5.12. The molecular formula is C28H30ClNO6. The summed E-state index contributed by atoms with van der Waals surface area (Å²) in [6, 6.07) is 12.9. The third-order valence-corrected chi connectivity index (χ3v) is 7.04. The lowest BCUT2D eigenvalue weighted by Crippen LogP contribution is -2.38. The molecule has 2 aliphatic rings. The van der Waals surface area contributed by atoms with Crippen LogP contribution in [0.15, 0.2) is 58.7 Å². The van der Waals surface area contributed by atoms with Gasteiger partial charge in [0.1, 0.15) is 24.0 Å². The third kappa shape index (κ3) is 5.18.